The fourth-order valence-corrected chi connectivity index (χ4v) is 3.64. The Balaban J connectivity index is 1.47. The van der Waals surface area contributed by atoms with E-state index in [4.69, 9.17) is 10.8 Å². The number of halogens is 3. The molecule has 2 aromatic rings. The summed E-state index contributed by atoms with van der Waals surface area (Å²) in [6.07, 6.45) is -2.10. The average Bonchev–Trinajstić information content (AvgIpc) is 3.55. The zero-order valence-corrected chi connectivity index (χ0v) is 17.5. The second-order valence-electron chi connectivity index (χ2n) is 8.19. The molecule has 1 fully saturated rings. The lowest BCUT2D eigenvalue weighted by Crippen LogP contribution is -2.46. The minimum Gasteiger partial charge on any atom is -0.481 e. The van der Waals surface area contributed by atoms with E-state index in [-0.39, 0.29) is 17.8 Å². The van der Waals surface area contributed by atoms with E-state index in [0.29, 0.717) is 25.2 Å². The van der Waals surface area contributed by atoms with Crippen LogP contribution in [0.2, 0.25) is 0 Å². The van der Waals surface area contributed by atoms with E-state index in [1.807, 2.05) is 6.07 Å². The standard InChI is InChI=1S/C21H23F3N6O3/c22-21(23,24)15-9-26-20(29-18(15)27-13-3-4-13)28-14-2-1-12-10-30(6-5-11(12)7-14)19(33)16(25)8-17(31)32/h1-2,7,9,13,16H,3-6,8,10,25H2,(H,31,32)(H2,26,27,28,29)/t16-/m0/s1. The van der Waals surface area contributed by atoms with Gasteiger partial charge in [0.05, 0.1) is 12.5 Å². The first-order valence-corrected chi connectivity index (χ1v) is 10.5. The summed E-state index contributed by atoms with van der Waals surface area (Å²) in [5.74, 6) is -1.75. The van der Waals surface area contributed by atoms with Crippen LogP contribution in [-0.4, -0.2) is 50.5 Å². The quantitative estimate of drug-likeness (QED) is 0.491. The number of nitrogens with two attached hydrogens (primary N) is 1. The second-order valence-corrected chi connectivity index (χ2v) is 8.19. The van der Waals surface area contributed by atoms with E-state index < -0.39 is 36.1 Å². The zero-order valence-electron chi connectivity index (χ0n) is 17.5. The number of nitrogens with one attached hydrogen (secondary N) is 2. The third kappa shape index (κ3) is 5.51. The van der Waals surface area contributed by atoms with Gasteiger partial charge in [0.1, 0.15) is 11.4 Å². The molecule has 1 saturated carbocycles. The van der Waals surface area contributed by atoms with E-state index in [2.05, 4.69) is 20.6 Å². The Morgan fingerprint density at radius 2 is 2.03 bits per heavy atom. The van der Waals surface area contributed by atoms with Crippen LogP contribution in [0.25, 0.3) is 0 Å². The molecule has 9 nitrogen and oxygen atoms in total. The fraction of sp³-hybridized carbons (Fsp3) is 0.429. The monoisotopic (exact) mass is 464 g/mol. The van der Waals surface area contributed by atoms with Crippen LogP contribution in [0.5, 0.6) is 0 Å². The van der Waals surface area contributed by atoms with Gasteiger partial charge in [0.15, 0.2) is 0 Å². The number of nitrogens with zero attached hydrogens (tertiary/aromatic N) is 3. The number of hydrogen-bond acceptors (Lipinski definition) is 7. The van der Waals surface area contributed by atoms with Crippen LogP contribution in [0.4, 0.5) is 30.6 Å². The number of carbonyl (C=O) groups is 2. The Morgan fingerprint density at radius 3 is 2.70 bits per heavy atom. The lowest BCUT2D eigenvalue weighted by atomic mass is 9.98. The summed E-state index contributed by atoms with van der Waals surface area (Å²) in [5.41, 5.74) is 7.23. The Kier molecular flexibility index (Phi) is 6.11. The number of amides is 1. The molecule has 1 aromatic heterocycles. The Labute approximate surface area is 187 Å². The molecule has 2 aliphatic rings. The molecule has 1 aromatic carbocycles. The Hall–Kier alpha value is -3.41. The molecule has 0 saturated heterocycles. The molecule has 1 atom stereocenters. The summed E-state index contributed by atoms with van der Waals surface area (Å²) in [4.78, 5) is 32.6. The first kappa shape index (κ1) is 22.8. The maximum Gasteiger partial charge on any atom is 0.421 e. The van der Waals surface area contributed by atoms with Crippen molar-refractivity contribution >= 4 is 29.3 Å². The van der Waals surface area contributed by atoms with Crippen molar-refractivity contribution in [3.63, 3.8) is 0 Å². The first-order valence-electron chi connectivity index (χ1n) is 10.5. The number of carboxylic acids is 1. The third-order valence-electron chi connectivity index (χ3n) is 5.51. The van der Waals surface area contributed by atoms with Gasteiger partial charge in [-0.05, 0) is 42.5 Å². The van der Waals surface area contributed by atoms with Crippen LogP contribution in [0.15, 0.2) is 24.4 Å². The highest BCUT2D eigenvalue weighted by molar-refractivity contribution is 5.86. The molecule has 0 spiro atoms. The average molecular weight is 464 g/mol. The van der Waals surface area contributed by atoms with Gasteiger partial charge in [0.2, 0.25) is 11.9 Å². The summed E-state index contributed by atoms with van der Waals surface area (Å²) < 4.78 is 39.8. The normalized spacial score (nSPS) is 16.7. The van der Waals surface area contributed by atoms with Crippen LogP contribution < -0.4 is 16.4 Å². The molecule has 1 aliphatic carbocycles. The van der Waals surface area contributed by atoms with Crippen LogP contribution >= 0.6 is 0 Å². The van der Waals surface area contributed by atoms with Gasteiger partial charge in [-0.3, -0.25) is 9.59 Å². The van der Waals surface area contributed by atoms with E-state index in [9.17, 15) is 22.8 Å². The first-order chi connectivity index (χ1) is 15.6. The van der Waals surface area contributed by atoms with Gasteiger partial charge < -0.3 is 26.4 Å². The summed E-state index contributed by atoms with van der Waals surface area (Å²) in [6, 6.07) is 4.25. The van der Waals surface area contributed by atoms with E-state index >= 15 is 0 Å². The van der Waals surface area contributed by atoms with Crippen LogP contribution in [0, 0.1) is 0 Å². The van der Waals surface area contributed by atoms with Crippen molar-refractivity contribution in [1.29, 1.82) is 0 Å². The number of hydrogen-bond donors (Lipinski definition) is 4. The minimum atomic E-state index is -4.56. The van der Waals surface area contributed by atoms with Gasteiger partial charge in [-0.1, -0.05) is 6.07 Å². The molecule has 176 valence electrons. The predicted molar refractivity (Wildman–Crippen MR) is 113 cm³/mol. The van der Waals surface area contributed by atoms with Crippen molar-refractivity contribution in [2.75, 3.05) is 17.2 Å². The van der Waals surface area contributed by atoms with Crippen LogP contribution in [-0.2, 0) is 28.7 Å². The topological polar surface area (TPSA) is 133 Å². The van der Waals surface area contributed by atoms with E-state index in [1.165, 1.54) is 4.90 Å². The lowest BCUT2D eigenvalue weighted by molar-refractivity contribution is -0.142. The Morgan fingerprint density at radius 1 is 1.27 bits per heavy atom. The van der Waals surface area contributed by atoms with Gasteiger partial charge in [0.25, 0.3) is 0 Å². The van der Waals surface area contributed by atoms with Crippen molar-refractivity contribution in [2.24, 2.45) is 5.73 Å². The zero-order chi connectivity index (χ0) is 23.8. The molecule has 5 N–H and O–H groups in total. The molecule has 33 heavy (non-hydrogen) atoms. The molecule has 2 heterocycles. The second kappa shape index (κ2) is 8.85. The number of aliphatic carboxylic acids is 1. The number of carbonyl (C=O) groups excluding carboxylic acids is 1. The largest absolute Gasteiger partial charge is 0.481 e. The van der Waals surface area contributed by atoms with Crippen LogP contribution in [0.1, 0.15) is 36.0 Å². The Bertz CT molecular complexity index is 1070. The number of alkyl halides is 3. The fourth-order valence-electron chi connectivity index (χ4n) is 3.64. The number of benzene rings is 1. The summed E-state index contributed by atoms with van der Waals surface area (Å²) in [7, 11) is 0. The smallest absolute Gasteiger partial charge is 0.421 e. The number of carboxylic acid groups (broad SMARTS) is 1. The molecule has 1 aliphatic heterocycles. The lowest BCUT2D eigenvalue weighted by Gasteiger charge is -2.31. The highest BCUT2D eigenvalue weighted by Crippen LogP contribution is 2.36. The molecule has 0 bridgehead atoms. The SMILES string of the molecule is N[C@@H](CC(=O)O)C(=O)N1CCc2cc(Nc3ncc(C(F)(F)F)c(NC4CC4)n3)ccc2C1. The van der Waals surface area contributed by atoms with Crippen molar-refractivity contribution in [3.8, 4) is 0 Å². The maximum absolute atomic E-state index is 13.3. The highest BCUT2D eigenvalue weighted by Gasteiger charge is 2.37. The summed E-state index contributed by atoms with van der Waals surface area (Å²) in [6.45, 7) is 0.683. The summed E-state index contributed by atoms with van der Waals surface area (Å²) in [5, 5.41) is 14.6. The minimum absolute atomic E-state index is 0.00753. The number of fused-ring (bicyclic) bond motifs is 1. The number of rotatable bonds is 7. The molecular formula is C21H23F3N6O3. The molecule has 12 heteroatoms. The van der Waals surface area contributed by atoms with Crippen molar-refractivity contribution in [1.82, 2.24) is 14.9 Å². The van der Waals surface area contributed by atoms with Gasteiger partial charge in [0, 0.05) is 31.0 Å². The van der Waals surface area contributed by atoms with Crippen molar-refractivity contribution in [2.45, 2.75) is 50.5 Å². The van der Waals surface area contributed by atoms with E-state index in [0.717, 1.165) is 30.2 Å². The number of anilines is 3. The number of aromatic nitrogens is 2. The van der Waals surface area contributed by atoms with Gasteiger partial charge in [-0.2, -0.15) is 18.2 Å². The van der Waals surface area contributed by atoms with Gasteiger partial charge >= 0.3 is 12.1 Å². The predicted octanol–water partition coefficient (Wildman–Crippen LogP) is 2.50. The van der Waals surface area contributed by atoms with Crippen molar-refractivity contribution in [3.05, 3.63) is 41.1 Å². The molecular weight excluding hydrogens is 441 g/mol. The molecule has 0 radical (unpaired) electrons. The van der Waals surface area contributed by atoms with Gasteiger partial charge in [-0.15, -0.1) is 0 Å². The molecule has 4 rings (SSSR count). The third-order valence-corrected chi connectivity index (χ3v) is 5.51. The summed E-state index contributed by atoms with van der Waals surface area (Å²) >= 11 is 0. The highest BCUT2D eigenvalue weighted by atomic mass is 19.4. The molecule has 0 unspecified atom stereocenters. The maximum atomic E-state index is 13.3. The van der Waals surface area contributed by atoms with E-state index in [1.54, 1.807) is 12.1 Å². The van der Waals surface area contributed by atoms with Crippen LogP contribution in [0.3, 0.4) is 0 Å². The van der Waals surface area contributed by atoms with Gasteiger partial charge in [-0.25, -0.2) is 4.98 Å². The molecule has 1 amide bonds. The van der Waals surface area contributed by atoms with Crippen molar-refractivity contribution < 1.29 is 27.9 Å².